The zero-order chi connectivity index (χ0) is 21.3. The van der Waals surface area contributed by atoms with Crippen LogP contribution < -0.4 is 15.6 Å². The van der Waals surface area contributed by atoms with Crippen molar-refractivity contribution in [1.29, 1.82) is 0 Å². The van der Waals surface area contributed by atoms with Crippen LogP contribution in [0.5, 0.6) is 11.5 Å². The summed E-state index contributed by atoms with van der Waals surface area (Å²) in [5.41, 5.74) is -0.608. The van der Waals surface area contributed by atoms with Crippen molar-refractivity contribution < 1.29 is 19.0 Å². The van der Waals surface area contributed by atoms with Gasteiger partial charge in [0, 0.05) is 11.9 Å². The Kier molecular flexibility index (Phi) is 4.89. The zero-order valence-electron chi connectivity index (χ0n) is 15.8. The van der Waals surface area contributed by atoms with Crippen LogP contribution in [0.2, 0.25) is 0 Å². The van der Waals surface area contributed by atoms with E-state index in [9.17, 15) is 19.1 Å². The number of fused-ring (bicyclic) bond motifs is 1. The van der Waals surface area contributed by atoms with Crippen LogP contribution >= 0.6 is 0 Å². The fourth-order valence-corrected chi connectivity index (χ4v) is 3.13. The van der Waals surface area contributed by atoms with Crippen LogP contribution in [0.15, 0.2) is 71.7 Å². The number of carbonyl (C=O) groups excluding carboxylic acids is 1. The second kappa shape index (κ2) is 7.67. The summed E-state index contributed by atoms with van der Waals surface area (Å²) in [6, 6.07) is 14.9. The third-order valence-corrected chi connectivity index (χ3v) is 4.55. The number of nitrogens with one attached hydrogen (secondary N) is 1. The Bertz CT molecular complexity index is 1320. The van der Waals surface area contributed by atoms with Crippen molar-refractivity contribution in [3.63, 3.8) is 0 Å². The van der Waals surface area contributed by atoms with E-state index in [-0.39, 0.29) is 16.7 Å². The molecule has 7 nitrogen and oxygen atoms in total. The highest BCUT2D eigenvalue weighted by molar-refractivity contribution is 6.09. The molecule has 0 fully saturated rings. The number of hydrogen-bond donors (Lipinski definition) is 2. The highest BCUT2D eigenvalue weighted by atomic mass is 19.1. The van der Waals surface area contributed by atoms with Crippen LogP contribution in [-0.2, 0) is 0 Å². The third kappa shape index (κ3) is 3.35. The lowest BCUT2D eigenvalue weighted by atomic mass is 10.1. The van der Waals surface area contributed by atoms with E-state index in [0.29, 0.717) is 11.4 Å². The number of methoxy groups -OCH3 is 1. The summed E-state index contributed by atoms with van der Waals surface area (Å²) in [4.78, 5) is 30.2. The van der Waals surface area contributed by atoms with Gasteiger partial charge in [-0.2, -0.15) is 0 Å². The smallest absolute Gasteiger partial charge is 0.273 e. The lowest BCUT2D eigenvalue weighted by Gasteiger charge is -2.14. The maximum Gasteiger partial charge on any atom is 0.273 e. The predicted octanol–water partition coefficient (Wildman–Crippen LogP) is 3.49. The molecule has 1 amide bonds. The number of ether oxygens (including phenoxy) is 1. The van der Waals surface area contributed by atoms with Crippen LogP contribution in [0.1, 0.15) is 10.4 Å². The highest BCUT2D eigenvalue weighted by Gasteiger charge is 2.24. The number of carbonyl (C=O) groups is 1. The molecule has 0 aliphatic heterocycles. The average Bonchev–Trinajstić information content (AvgIpc) is 2.74. The maximum absolute atomic E-state index is 13.8. The topological polar surface area (TPSA) is 93.4 Å². The molecule has 0 aliphatic rings. The van der Waals surface area contributed by atoms with Crippen molar-refractivity contribution in [2.45, 2.75) is 0 Å². The molecule has 2 heterocycles. The largest absolute Gasteiger partial charge is 0.506 e. The highest BCUT2D eigenvalue weighted by Crippen LogP contribution is 2.27. The first-order valence-corrected chi connectivity index (χ1v) is 8.93. The molecule has 0 aliphatic carbocycles. The molecule has 0 saturated heterocycles. The zero-order valence-corrected chi connectivity index (χ0v) is 15.8. The number of anilines is 1. The van der Waals surface area contributed by atoms with Crippen molar-refractivity contribution in [3.8, 4) is 17.2 Å². The number of amides is 1. The molecule has 0 bridgehead atoms. The standard InChI is InChI=1S/C22H16FN3O4/c1-30-16-9-7-14(8-10-16)25-21(28)18-19(27)17-6-3-11-24-20(17)26(22(18)29)15-5-2-4-13(23)12-15/h2-12,27H,1H3,(H,25,28). The van der Waals surface area contributed by atoms with Gasteiger partial charge < -0.3 is 15.2 Å². The van der Waals surface area contributed by atoms with Gasteiger partial charge in [0.1, 0.15) is 22.9 Å². The molecule has 4 rings (SSSR count). The first-order chi connectivity index (χ1) is 14.5. The minimum atomic E-state index is -0.824. The summed E-state index contributed by atoms with van der Waals surface area (Å²) < 4.78 is 20.0. The molecule has 0 saturated carbocycles. The number of pyridine rings is 2. The van der Waals surface area contributed by atoms with E-state index in [2.05, 4.69) is 10.3 Å². The molecule has 8 heteroatoms. The maximum atomic E-state index is 13.8. The Morgan fingerprint density at radius 1 is 1.13 bits per heavy atom. The first kappa shape index (κ1) is 19.1. The number of nitrogens with zero attached hydrogens (tertiary/aromatic N) is 2. The fourth-order valence-electron chi connectivity index (χ4n) is 3.13. The SMILES string of the molecule is COc1ccc(NC(=O)c2c(O)c3cccnc3n(-c3cccc(F)c3)c2=O)cc1. The van der Waals surface area contributed by atoms with Crippen molar-refractivity contribution in [2.24, 2.45) is 0 Å². The van der Waals surface area contributed by atoms with Crippen LogP contribution in [0.3, 0.4) is 0 Å². The molecule has 2 aromatic carbocycles. The second-order valence-corrected chi connectivity index (χ2v) is 6.40. The van der Waals surface area contributed by atoms with Gasteiger partial charge in [-0.1, -0.05) is 6.07 Å². The van der Waals surface area contributed by atoms with Gasteiger partial charge in [0.2, 0.25) is 0 Å². The van der Waals surface area contributed by atoms with Gasteiger partial charge in [-0.3, -0.25) is 14.2 Å². The molecule has 0 spiro atoms. The Morgan fingerprint density at radius 2 is 1.90 bits per heavy atom. The van der Waals surface area contributed by atoms with Crippen molar-refractivity contribution in [3.05, 3.63) is 88.6 Å². The monoisotopic (exact) mass is 405 g/mol. The summed E-state index contributed by atoms with van der Waals surface area (Å²) in [6.45, 7) is 0. The van der Waals surface area contributed by atoms with Gasteiger partial charge in [-0.15, -0.1) is 0 Å². The number of halogens is 1. The number of hydrogen-bond acceptors (Lipinski definition) is 5. The molecular weight excluding hydrogens is 389 g/mol. The van der Waals surface area contributed by atoms with E-state index in [1.165, 1.54) is 37.6 Å². The molecule has 30 heavy (non-hydrogen) atoms. The summed E-state index contributed by atoms with van der Waals surface area (Å²) in [7, 11) is 1.52. The molecule has 0 radical (unpaired) electrons. The first-order valence-electron chi connectivity index (χ1n) is 8.93. The minimum absolute atomic E-state index is 0.103. The Labute approximate surface area is 170 Å². The van der Waals surface area contributed by atoms with E-state index in [1.807, 2.05) is 0 Å². The summed E-state index contributed by atoms with van der Waals surface area (Å²) >= 11 is 0. The van der Waals surface area contributed by atoms with E-state index >= 15 is 0 Å². The lowest BCUT2D eigenvalue weighted by molar-refractivity contribution is 0.102. The van der Waals surface area contributed by atoms with Crippen molar-refractivity contribution in [2.75, 3.05) is 12.4 Å². The number of rotatable bonds is 4. The Balaban J connectivity index is 1.89. The number of aromatic hydroxyl groups is 1. The summed E-state index contributed by atoms with van der Waals surface area (Å²) in [5.74, 6) is -1.26. The normalized spacial score (nSPS) is 10.7. The van der Waals surface area contributed by atoms with Gasteiger partial charge in [0.25, 0.3) is 11.5 Å². The quantitative estimate of drug-likeness (QED) is 0.542. The number of benzene rings is 2. The molecule has 2 aromatic heterocycles. The molecular formula is C22H16FN3O4. The molecule has 0 unspecified atom stereocenters. The minimum Gasteiger partial charge on any atom is -0.506 e. The molecule has 2 N–H and O–H groups in total. The van der Waals surface area contributed by atoms with E-state index < -0.39 is 28.6 Å². The molecule has 150 valence electrons. The van der Waals surface area contributed by atoms with E-state index in [1.54, 1.807) is 30.3 Å². The van der Waals surface area contributed by atoms with Gasteiger partial charge in [-0.05, 0) is 54.6 Å². The predicted molar refractivity (Wildman–Crippen MR) is 110 cm³/mol. The van der Waals surface area contributed by atoms with Gasteiger partial charge >= 0.3 is 0 Å². The Morgan fingerprint density at radius 3 is 2.60 bits per heavy atom. The Hall–Kier alpha value is -4.20. The second-order valence-electron chi connectivity index (χ2n) is 6.40. The summed E-state index contributed by atoms with van der Waals surface area (Å²) in [6.07, 6.45) is 1.44. The third-order valence-electron chi connectivity index (χ3n) is 4.55. The van der Waals surface area contributed by atoms with Crippen LogP contribution in [0.4, 0.5) is 10.1 Å². The average molecular weight is 405 g/mol. The van der Waals surface area contributed by atoms with E-state index in [4.69, 9.17) is 4.74 Å². The van der Waals surface area contributed by atoms with Gasteiger partial charge in [0.05, 0.1) is 18.2 Å². The molecule has 4 aromatic rings. The summed E-state index contributed by atoms with van der Waals surface area (Å²) in [5, 5.41) is 13.4. The number of aromatic nitrogens is 2. The van der Waals surface area contributed by atoms with Crippen LogP contribution in [0.25, 0.3) is 16.7 Å². The van der Waals surface area contributed by atoms with Crippen molar-refractivity contribution in [1.82, 2.24) is 9.55 Å². The van der Waals surface area contributed by atoms with Crippen LogP contribution in [0, 0.1) is 5.82 Å². The van der Waals surface area contributed by atoms with E-state index in [0.717, 1.165) is 10.6 Å². The fraction of sp³-hybridized carbons (Fsp3) is 0.0455. The lowest BCUT2D eigenvalue weighted by Crippen LogP contribution is -2.29. The van der Waals surface area contributed by atoms with Crippen LogP contribution in [-0.4, -0.2) is 27.7 Å². The molecule has 0 atom stereocenters. The van der Waals surface area contributed by atoms with Crippen molar-refractivity contribution >= 4 is 22.6 Å². The van der Waals surface area contributed by atoms with Gasteiger partial charge in [0.15, 0.2) is 5.65 Å². The van der Waals surface area contributed by atoms with Gasteiger partial charge in [-0.25, -0.2) is 9.37 Å².